The van der Waals surface area contributed by atoms with Gasteiger partial charge in [0.25, 0.3) is 0 Å². The van der Waals surface area contributed by atoms with Crippen molar-refractivity contribution in [1.82, 2.24) is 9.55 Å². The van der Waals surface area contributed by atoms with E-state index in [1.54, 1.807) is 24.4 Å². The quantitative estimate of drug-likeness (QED) is 0.736. The zero-order chi connectivity index (χ0) is 13.4. The second-order valence-corrected chi connectivity index (χ2v) is 5.09. The van der Waals surface area contributed by atoms with E-state index < -0.39 is 5.76 Å². The Morgan fingerprint density at radius 3 is 3.00 bits per heavy atom. The number of aromatic nitrogens is 2. The molecule has 0 amide bonds. The molecule has 6 heteroatoms. The van der Waals surface area contributed by atoms with Crippen molar-refractivity contribution in [3.05, 3.63) is 57.1 Å². The lowest BCUT2D eigenvalue weighted by molar-refractivity contribution is 0.517. The van der Waals surface area contributed by atoms with E-state index in [0.29, 0.717) is 23.5 Å². The van der Waals surface area contributed by atoms with Crippen LogP contribution in [0.1, 0.15) is 5.56 Å². The molecule has 96 valence electrons. The Labute approximate surface area is 116 Å². The summed E-state index contributed by atoms with van der Waals surface area (Å²) in [6.07, 6.45) is 1.63. The SMILES string of the molecule is Nc1cc(Br)cc(Cn2c(=O)oc3cccnc32)c1. The smallest absolute Gasteiger partial charge is 0.406 e. The van der Waals surface area contributed by atoms with E-state index in [1.165, 1.54) is 4.57 Å². The summed E-state index contributed by atoms with van der Waals surface area (Å²) in [5, 5.41) is 0. The van der Waals surface area contributed by atoms with E-state index in [2.05, 4.69) is 20.9 Å². The third-order valence-corrected chi connectivity index (χ3v) is 3.20. The number of rotatable bonds is 2. The van der Waals surface area contributed by atoms with Crippen LogP contribution in [0.5, 0.6) is 0 Å². The lowest BCUT2D eigenvalue weighted by Crippen LogP contribution is -2.15. The predicted molar refractivity (Wildman–Crippen MR) is 75.9 cm³/mol. The molecule has 0 fully saturated rings. The third kappa shape index (κ3) is 2.26. The summed E-state index contributed by atoms with van der Waals surface area (Å²) in [7, 11) is 0. The number of halogens is 1. The number of oxazole rings is 1. The number of nitrogens with zero attached hydrogens (tertiary/aromatic N) is 2. The van der Waals surface area contributed by atoms with E-state index >= 15 is 0 Å². The molecule has 1 aromatic carbocycles. The number of benzene rings is 1. The molecule has 0 aliphatic rings. The summed E-state index contributed by atoms with van der Waals surface area (Å²) in [5.41, 5.74) is 8.34. The molecule has 0 atom stereocenters. The van der Waals surface area contributed by atoms with Gasteiger partial charge in [0, 0.05) is 16.4 Å². The largest absolute Gasteiger partial charge is 0.421 e. The first kappa shape index (κ1) is 12.0. The summed E-state index contributed by atoms with van der Waals surface area (Å²) in [6.45, 7) is 0.368. The van der Waals surface area contributed by atoms with Crippen LogP contribution in [0.3, 0.4) is 0 Å². The molecule has 19 heavy (non-hydrogen) atoms. The van der Waals surface area contributed by atoms with Crippen molar-refractivity contribution < 1.29 is 4.42 Å². The monoisotopic (exact) mass is 319 g/mol. The van der Waals surface area contributed by atoms with Gasteiger partial charge in [0.05, 0.1) is 6.54 Å². The van der Waals surface area contributed by atoms with Crippen LogP contribution in [-0.4, -0.2) is 9.55 Å². The highest BCUT2D eigenvalue weighted by atomic mass is 79.9. The Bertz CT molecular complexity index is 787. The predicted octanol–water partition coefficient (Wildman–Crippen LogP) is 2.38. The molecule has 2 aromatic heterocycles. The molecule has 0 bridgehead atoms. The second-order valence-electron chi connectivity index (χ2n) is 4.17. The fourth-order valence-corrected chi connectivity index (χ4v) is 2.55. The second kappa shape index (κ2) is 4.55. The zero-order valence-electron chi connectivity index (χ0n) is 9.84. The zero-order valence-corrected chi connectivity index (χ0v) is 11.4. The number of hydrogen-bond donors (Lipinski definition) is 1. The summed E-state index contributed by atoms with van der Waals surface area (Å²) in [5.74, 6) is -0.424. The average Bonchev–Trinajstić information content (AvgIpc) is 2.65. The van der Waals surface area contributed by atoms with Gasteiger partial charge in [0.1, 0.15) is 0 Å². The van der Waals surface area contributed by atoms with Crippen LogP contribution in [0.2, 0.25) is 0 Å². The molecule has 3 aromatic rings. The van der Waals surface area contributed by atoms with Crippen molar-refractivity contribution >= 4 is 32.8 Å². The van der Waals surface area contributed by atoms with Crippen LogP contribution >= 0.6 is 15.9 Å². The third-order valence-electron chi connectivity index (χ3n) is 2.74. The van der Waals surface area contributed by atoms with Gasteiger partial charge in [0.15, 0.2) is 11.2 Å². The van der Waals surface area contributed by atoms with E-state index in [-0.39, 0.29) is 0 Å². The Kier molecular flexibility index (Phi) is 2.87. The maximum atomic E-state index is 11.8. The van der Waals surface area contributed by atoms with Crippen molar-refractivity contribution in [2.75, 3.05) is 5.73 Å². The van der Waals surface area contributed by atoms with Crippen LogP contribution in [0.15, 0.2) is 50.2 Å². The van der Waals surface area contributed by atoms with Gasteiger partial charge in [-0.2, -0.15) is 0 Å². The van der Waals surface area contributed by atoms with Crippen molar-refractivity contribution in [1.29, 1.82) is 0 Å². The summed E-state index contributed by atoms with van der Waals surface area (Å²) in [4.78, 5) is 16.0. The first-order valence-electron chi connectivity index (χ1n) is 5.63. The molecule has 2 N–H and O–H groups in total. The number of pyridine rings is 1. The van der Waals surface area contributed by atoms with Crippen molar-refractivity contribution in [2.24, 2.45) is 0 Å². The van der Waals surface area contributed by atoms with Crippen molar-refractivity contribution in [2.45, 2.75) is 6.54 Å². The number of nitrogen functional groups attached to an aromatic ring is 1. The molecule has 0 radical (unpaired) electrons. The molecule has 0 saturated heterocycles. The Hall–Kier alpha value is -2.08. The number of fused-ring (bicyclic) bond motifs is 1. The van der Waals surface area contributed by atoms with Crippen LogP contribution in [0.25, 0.3) is 11.2 Å². The molecule has 3 rings (SSSR count). The van der Waals surface area contributed by atoms with Gasteiger partial charge in [0.2, 0.25) is 0 Å². The average molecular weight is 320 g/mol. The lowest BCUT2D eigenvalue weighted by Gasteiger charge is -2.04. The van der Waals surface area contributed by atoms with Gasteiger partial charge in [-0.05, 0) is 35.9 Å². The fraction of sp³-hybridized carbons (Fsp3) is 0.0769. The minimum absolute atomic E-state index is 0.368. The molecule has 0 spiro atoms. The van der Waals surface area contributed by atoms with Crippen LogP contribution in [-0.2, 0) is 6.54 Å². The number of hydrogen-bond acceptors (Lipinski definition) is 4. The van der Waals surface area contributed by atoms with Crippen molar-refractivity contribution in [3.63, 3.8) is 0 Å². The van der Waals surface area contributed by atoms with E-state index in [0.717, 1.165) is 10.0 Å². The van der Waals surface area contributed by atoms with E-state index in [1.807, 2.05) is 12.1 Å². The standard InChI is InChI=1S/C13H10BrN3O2/c14-9-4-8(5-10(15)6-9)7-17-12-11(19-13(17)18)2-1-3-16-12/h1-6H,7,15H2. The minimum Gasteiger partial charge on any atom is -0.406 e. The highest BCUT2D eigenvalue weighted by molar-refractivity contribution is 9.10. The van der Waals surface area contributed by atoms with E-state index in [4.69, 9.17) is 10.2 Å². The molecule has 0 unspecified atom stereocenters. The van der Waals surface area contributed by atoms with Crippen LogP contribution < -0.4 is 11.5 Å². The molecule has 2 heterocycles. The first-order valence-corrected chi connectivity index (χ1v) is 6.42. The highest BCUT2D eigenvalue weighted by Crippen LogP contribution is 2.19. The molecular weight excluding hydrogens is 310 g/mol. The number of nitrogens with two attached hydrogens (primary N) is 1. The van der Waals surface area contributed by atoms with Gasteiger partial charge in [-0.1, -0.05) is 15.9 Å². The van der Waals surface area contributed by atoms with Gasteiger partial charge >= 0.3 is 5.76 Å². The van der Waals surface area contributed by atoms with Gasteiger partial charge in [-0.25, -0.2) is 9.78 Å². The highest BCUT2D eigenvalue weighted by Gasteiger charge is 2.10. The molecule has 0 saturated carbocycles. The molecule has 0 aliphatic heterocycles. The van der Waals surface area contributed by atoms with Crippen molar-refractivity contribution in [3.8, 4) is 0 Å². The maximum absolute atomic E-state index is 11.8. The molecule has 0 aliphatic carbocycles. The lowest BCUT2D eigenvalue weighted by atomic mass is 10.2. The van der Waals surface area contributed by atoms with E-state index in [9.17, 15) is 4.79 Å². The summed E-state index contributed by atoms with van der Waals surface area (Å²) >= 11 is 3.38. The fourth-order valence-electron chi connectivity index (χ4n) is 1.99. The molecule has 5 nitrogen and oxygen atoms in total. The summed E-state index contributed by atoms with van der Waals surface area (Å²) < 4.78 is 7.49. The van der Waals surface area contributed by atoms with Gasteiger partial charge < -0.3 is 10.2 Å². The maximum Gasteiger partial charge on any atom is 0.421 e. The van der Waals surface area contributed by atoms with Gasteiger partial charge in [-0.3, -0.25) is 4.57 Å². The minimum atomic E-state index is -0.424. The Morgan fingerprint density at radius 2 is 2.21 bits per heavy atom. The topological polar surface area (TPSA) is 74.0 Å². The van der Waals surface area contributed by atoms with Crippen LogP contribution in [0, 0.1) is 0 Å². The first-order chi connectivity index (χ1) is 9.13. The Morgan fingerprint density at radius 1 is 1.37 bits per heavy atom. The summed E-state index contributed by atoms with van der Waals surface area (Å²) in [6, 6.07) is 8.98. The van der Waals surface area contributed by atoms with Gasteiger partial charge in [-0.15, -0.1) is 0 Å². The van der Waals surface area contributed by atoms with Crippen LogP contribution in [0.4, 0.5) is 5.69 Å². The normalized spacial score (nSPS) is 11.0. The Balaban J connectivity index is 2.10. The number of anilines is 1. The molecular formula is C13H10BrN3O2.